The van der Waals surface area contributed by atoms with Gasteiger partial charge in [0, 0.05) is 126 Å². The summed E-state index contributed by atoms with van der Waals surface area (Å²) in [6, 6.07) is 2.97. The molecule has 134 heavy (non-hydrogen) atoms. The highest BCUT2D eigenvalue weighted by Gasteiger charge is 2.40. The molecule has 0 amide bonds. The van der Waals surface area contributed by atoms with Gasteiger partial charge in [-0.2, -0.15) is 67.3 Å². The Morgan fingerprint density at radius 1 is 0.366 bits per heavy atom. The van der Waals surface area contributed by atoms with Crippen molar-refractivity contribution in [3.8, 4) is 0 Å². The van der Waals surface area contributed by atoms with Crippen LogP contribution in [0.5, 0.6) is 0 Å². The number of nitrogen functional groups attached to an aromatic ring is 7. The lowest BCUT2D eigenvalue weighted by atomic mass is 9.92. The van der Waals surface area contributed by atoms with Crippen molar-refractivity contribution in [3.63, 3.8) is 0 Å². The number of halogens is 13. The van der Waals surface area contributed by atoms with Crippen molar-refractivity contribution in [1.82, 2.24) is 113 Å². The molecule has 28 N–H and O–H groups in total. The minimum absolute atomic E-state index is 0.0704. The highest BCUT2D eigenvalue weighted by molar-refractivity contribution is 9.12. The van der Waals surface area contributed by atoms with E-state index in [1.807, 2.05) is 4.90 Å². The van der Waals surface area contributed by atoms with Gasteiger partial charge >= 0.3 is 5.69 Å². The number of nitrogens with two attached hydrogens (primary N) is 12. The zero-order valence-corrected chi connectivity index (χ0v) is 90.9. The minimum atomic E-state index is -0.526. The highest BCUT2D eigenvalue weighted by atomic mass is 79.9. The van der Waals surface area contributed by atoms with E-state index in [0.717, 1.165) is 245 Å². The Hall–Kier alpha value is -7.29. The molecule has 0 radical (unpaired) electrons. The molecule has 6 saturated heterocycles. The fourth-order valence-corrected chi connectivity index (χ4v) is 21.9. The van der Waals surface area contributed by atoms with Gasteiger partial charge in [-0.1, -0.05) is 11.6 Å². The number of nitrogens with zero attached hydrogens (tertiary/aromatic N) is 27. The SMILES string of the molecule is Nc1c(Br)c(N2CCCNCC2)nc2c(Br)cnn12.Nc1c(Br)c(N2CC[C@H](N)C2)nc2c(Br)cnn12.Nc1c(Br)c(N2CC[C@H](N)C2)nc2c([N+](=O)[O-])cnn12.Nc1c(Br)c(N2C[C@@H]3C[C@H]2CN3)nc2c(Br)cnn12.Nc1c(Br)c(NC2CCC(N)CC2)nc2c(Br)cnn12.Nc1c(Br)c(NC2CCC(N)CC2)nc2c(Br)cnn12.Nc1c(Cl)c(N2CC[C@H](N)C2)nc2c(Br)cnn12. The first-order valence-corrected chi connectivity index (χ1v) is 52.4. The summed E-state index contributed by atoms with van der Waals surface area (Å²) in [5, 5.41) is 54.2. The second-order valence-electron chi connectivity index (χ2n) is 33.1. The van der Waals surface area contributed by atoms with E-state index in [4.69, 9.17) is 85.4 Å². The van der Waals surface area contributed by atoms with E-state index in [1.54, 1.807) is 59.8 Å². The molecule has 5 atom stereocenters. The highest BCUT2D eigenvalue weighted by Crippen LogP contribution is 2.43. The fourth-order valence-electron chi connectivity index (χ4n) is 16.8. The summed E-state index contributed by atoms with van der Waals surface area (Å²) in [6.07, 6.45) is 24.7. The molecule has 0 unspecified atom stereocenters. The zero-order chi connectivity index (χ0) is 95.3. The van der Waals surface area contributed by atoms with Gasteiger partial charge in [-0.3, -0.25) is 10.1 Å². The lowest BCUT2D eigenvalue weighted by Gasteiger charge is -2.29. The Morgan fingerprint density at radius 3 is 1.06 bits per heavy atom. The number of aromatic nitrogens is 21. The Kier molecular flexibility index (Phi) is 31.9. The first-order valence-electron chi connectivity index (χ1n) is 42.5. The van der Waals surface area contributed by atoms with E-state index >= 15 is 0 Å². The van der Waals surface area contributed by atoms with Crippen LogP contribution in [0.25, 0.3) is 39.5 Å². The molecule has 8 aliphatic rings. The van der Waals surface area contributed by atoms with Crippen LogP contribution < -0.4 is 115 Å². The summed E-state index contributed by atoms with van der Waals surface area (Å²) in [5.41, 5.74) is 76.3. The average molecular weight is 2640 g/mol. The van der Waals surface area contributed by atoms with Crippen LogP contribution in [0.2, 0.25) is 5.02 Å². The average Bonchev–Trinajstić information content (AvgIpc) is 1.55. The quantitative estimate of drug-likeness (QED) is 0.0447. The molecule has 0 spiro atoms. The lowest BCUT2D eigenvalue weighted by Crippen LogP contribution is -2.44. The largest absolute Gasteiger partial charge is 0.383 e. The minimum Gasteiger partial charge on any atom is -0.383 e. The third-order valence-corrected chi connectivity index (χ3v) is 32.3. The van der Waals surface area contributed by atoms with Crippen LogP contribution in [0.1, 0.15) is 83.5 Å². The normalized spacial score (nSPS) is 21.1. The van der Waals surface area contributed by atoms with Crippen LogP contribution in [0, 0.1) is 10.1 Å². The van der Waals surface area contributed by atoms with Crippen LogP contribution in [0.4, 0.5) is 87.1 Å². The predicted molar refractivity (Wildman–Crippen MR) is 565 cm³/mol. The zero-order valence-electron chi connectivity index (χ0n) is 71.1. The molecular weight excluding hydrogens is 2540 g/mol. The van der Waals surface area contributed by atoms with Gasteiger partial charge in [0.05, 0.1) is 68.9 Å². The molecule has 58 heteroatoms. The topological polar surface area (TPSA) is 631 Å². The van der Waals surface area contributed by atoms with Crippen molar-refractivity contribution in [2.75, 3.05) is 154 Å². The summed E-state index contributed by atoms with van der Waals surface area (Å²) in [7, 11) is 0. The van der Waals surface area contributed by atoms with Crippen molar-refractivity contribution >= 4 is 329 Å². The van der Waals surface area contributed by atoms with Gasteiger partial charge in [0.2, 0.25) is 5.65 Å². The number of fused-ring (bicyclic) bond motifs is 9. The maximum Gasteiger partial charge on any atom is 0.333 e. The third kappa shape index (κ3) is 21.1. The van der Waals surface area contributed by atoms with E-state index < -0.39 is 4.92 Å². The van der Waals surface area contributed by atoms with Crippen LogP contribution in [0.15, 0.2) is 97.1 Å². The first-order chi connectivity index (χ1) is 64.1. The molecule has 2 aliphatic carbocycles. The van der Waals surface area contributed by atoms with Gasteiger partial charge in [-0.05, 0) is 281 Å². The van der Waals surface area contributed by atoms with Crippen molar-refractivity contribution < 1.29 is 4.92 Å². The molecule has 14 aromatic heterocycles. The van der Waals surface area contributed by atoms with Crippen LogP contribution in [-0.4, -0.2) is 240 Å². The number of rotatable bonds is 10. The van der Waals surface area contributed by atoms with Crippen molar-refractivity contribution in [2.45, 2.75) is 138 Å². The van der Waals surface area contributed by atoms with Crippen molar-refractivity contribution in [2.24, 2.45) is 28.7 Å². The van der Waals surface area contributed by atoms with E-state index in [-0.39, 0.29) is 35.3 Å². The van der Waals surface area contributed by atoms with Gasteiger partial charge in [0.15, 0.2) is 39.7 Å². The van der Waals surface area contributed by atoms with E-state index in [1.165, 1.54) is 15.5 Å². The number of nitro groups is 1. The van der Waals surface area contributed by atoms with E-state index in [0.29, 0.717) is 121 Å². The van der Waals surface area contributed by atoms with Gasteiger partial charge in [-0.25, -0.2) is 34.9 Å². The van der Waals surface area contributed by atoms with Crippen LogP contribution in [-0.2, 0) is 0 Å². The second-order valence-corrected chi connectivity index (χ2v) is 43.4. The van der Waals surface area contributed by atoms with E-state index in [2.05, 4.69) is 298 Å². The number of hydrogen-bond acceptors (Lipinski definition) is 37. The molecule has 0 aromatic carbocycles. The summed E-state index contributed by atoms with van der Waals surface area (Å²) in [6.45, 7) is 10.6. The Balaban J connectivity index is 0.000000114. The Labute approximate surface area is 870 Å². The number of nitrogens with one attached hydrogen (secondary N) is 4. The van der Waals surface area contributed by atoms with Gasteiger partial charge in [0.25, 0.3) is 0 Å². The summed E-state index contributed by atoms with van der Waals surface area (Å²) in [5.74, 6) is 8.83. The number of piperazine rings is 1. The molecule has 716 valence electrons. The van der Waals surface area contributed by atoms with Crippen molar-refractivity contribution in [1.29, 1.82) is 0 Å². The number of hydrogen-bond donors (Lipinski definition) is 16. The molecule has 20 heterocycles. The number of anilines is 14. The smallest absolute Gasteiger partial charge is 0.333 e. The lowest BCUT2D eigenvalue weighted by molar-refractivity contribution is -0.383. The monoisotopic (exact) mass is 2620 g/mol. The molecule has 14 aromatic rings. The molecule has 2 saturated carbocycles. The first kappa shape index (κ1) is 99.7. The molecule has 45 nitrogen and oxygen atoms in total. The second kappa shape index (κ2) is 42.8. The molecular formula is C76H94Br12ClN43O2. The molecule has 8 fully saturated rings. The fraction of sp³-hybridized carbons (Fsp3) is 0.447. The maximum absolute atomic E-state index is 11.0. The Bertz CT molecular complexity index is 6450. The maximum atomic E-state index is 11.0. The summed E-state index contributed by atoms with van der Waals surface area (Å²) >= 11 is 47.8. The summed E-state index contributed by atoms with van der Waals surface area (Å²) < 4.78 is 20.3. The van der Waals surface area contributed by atoms with Gasteiger partial charge in [-0.15, -0.1) is 0 Å². The van der Waals surface area contributed by atoms with Crippen molar-refractivity contribution in [3.05, 3.63) is 112 Å². The third-order valence-electron chi connectivity index (χ3n) is 24.0. The predicted octanol–water partition coefficient (Wildman–Crippen LogP) is 11.2. The summed E-state index contributed by atoms with van der Waals surface area (Å²) in [4.78, 5) is 53.3. The standard InChI is InChI=1S/2C12H16Br2N6.C11H12Br2N6.C11H14Br2N6.C10H12Br2N6.C10H12BrClN6.C10H12BrN7O2/c2*13-8-5-17-20-10(16)9(14)11(19-12(8)20)18-7-3-1-6(15)2-4-7;12-7-3-16-19-9(14)8(13)11(17-10(7)19)18-4-5-1-6(18)2-15-5;12-7-6-16-19-9(14)8(13)11(17-10(7)19)18-4-1-2-15-3-5-18;2*11-6-3-15-18-8(14)7(12)10(16-9(6)18)17-2-1-5(13)4-17;11-7-8(13)17-9(6(3-14-17)18(19)20)15-10(7)16-2-1-5(12)4-16/h2*5-7H,1-4,15-16H2,(H,18,19);3,5-6,15H,1-2,4,14H2;6,15H,1-5,14H2;2*3,5H,1-2,4,13-14H2;3,5H,1-2,4,12-13H2/t;;5-,6-;;3*5-/m..0.000/s1. The van der Waals surface area contributed by atoms with E-state index in [9.17, 15) is 10.1 Å². The van der Waals surface area contributed by atoms with Crippen LogP contribution >= 0.6 is 203 Å². The van der Waals surface area contributed by atoms with Gasteiger partial charge < -0.3 is 115 Å². The van der Waals surface area contributed by atoms with Gasteiger partial charge in [0.1, 0.15) is 114 Å². The molecule has 2 bridgehead atoms. The Morgan fingerprint density at radius 2 is 0.694 bits per heavy atom. The molecule has 6 aliphatic heterocycles. The van der Waals surface area contributed by atoms with Crippen LogP contribution in [0.3, 0.4) is 0 Å². The molecule has 22 rings (SSSR count).